The van der Waals surface area contributed by atoms with E-state index in [1.807, 2.05) is 103 Å². The van der Waals surface area contributed by atoms with Gasteiger partial charge < -0.3 is 10.6 Å². The Bertz CT molecular complexity index is 1590. The number of anilines is 2. The van der Waals surface area contributed by atoms with Crippen molar-refractivity contribution < 1.29 is 9.59 Å². The van der Waals surface area contributed by atoms with Crippen LogP contribution in [-0.4, -0.2) is 16.8 Å². The topological polar surface area (TPSA) is 71.1 Å². The Morgan fingerprint density at radius 2 is 1.62 bits per heavy atom. The molecule has 0 bridgehead atoms. The Hall–Kier alpha value is -3.72. The van der Waals surface area contributed by atoms with Crippen molar-refractivity contribution in [1.82, 2.24) is 4.98 Å². The summed E-state index contributed by atoms with van der Waals surface area (Å²) in [5.41, 5.74) is 5.01. The van der Waals surface area contributed by atoms with Crippen LogP contribution < -0.4 is 10.6 Å². The van der Waals surface area contributed by atoms with E-state index in [1.165, 1.54) is 23.1 Å². The maximum absolute atomic E-state index is 13.5. The molecule has 194 valence electrons. The second-order valence-corrected chi connectivity index (χ2v) is 11.7. The fraction of sp³-hybridized carbons (Fsp3) is 0.0645. The minimum absolute atomic E-state index is 0.169. The average molecular weight is 615 g/mol. The van der Waals surface area contributed by atoms with Gasteiger partial charge >= 0.3 is 0 Å². The first kappa shape index (κ1) is 26.9. The van der Waals surface area contributed by atoms with Gasteiger partial charge in [-0.15, -0.1) is 23.1 Å². The highest BCUT2D eigenvalue weighted by molar-refractivity contribution is 9.10. The molecule has 0 aliphatic carbocycles. The number of hydrogen-bond acceptors (Lipinski definition) is 5. The zero-order valence-electron chi connectivity index (χ0n) is 20.9. The molecule has 39 heavy (non-hydrogen) atoms. The summed E-state index contributed by atoms with van der Waals surface area (Å²) >= 11 is 6.27. The van der Waals surface area contributed by atoms with Gasteiger partial charge in [-0.05, 0) is 55.0 Å². The lowest BCUT2D eigenvalue weighted by Crippen LogP contribution is -2.19. The smallest absolute Gasteiger partial charge is 0.255 e. The molecule has 8 heteroatoms. The lowest BCUT2D eigenvalue weighted by Gasteiger charge is -2.17. The first-order chi connectivity index (χ1) is 18.9. The molecule has 1 heterocycles. The average Bonchev–Trinajstić information content (AvgIpc) is 3.41. The van der Waals surface area contributed by atoms with Gasteiger partial charge in [0.05, 0.1) is 5.69 Å². The van der Waals surface area contributed by atoms with Crippen molar-refractivity contribution in [3.63, 3.8) is 0 Å². The number of thiazole rings is 1. The summed E-state index contributed by atoms with van der Waals surface area (Å²) < 4.78 is 0.997. The van der Waals surface area contributed by atoms with Gasteiger partial charge in [0.15, 0.2) is 5.13 Å². The molecule has 1 aromatic heterocycles. The number of benzene rings is 4. The van der Waals surface area contributed by atoms with Crippen LogP contribution in [0.15, 0.2) is 118 Å². The normalized spacial score (nSPS) is 11.5. The van der Waals surface area contributed by atoms with Crippen LogP contribution in [0.3, 0.4) is 0 Å². The molecular weight excluding hydrogens is 590 g/mol. The molecule has 0 fully saturated rings. The predicted molar refractivity (Wildman–Crippen MR) is 164 cm³/mol. The first-order valence-corrected chi connectivity index (χ1v) is 14.7. The Balaban J connectivity index is 1.33. The molecule has 2 amide bonds. The van der Waals surface area contributed by atoms with Crippen LogP contribution in [0.5, 0.6) is 0 Å². The van der Waals surface area contributed by atoms with Gasteiger partial charge in [0, 0.05) is 31.6 Å². The van der Waals surface area contributed by atoms with Crippen LogP contribution in [0.2, 0.25) is 0 Å². The van der Waals surface area contributed by atoms with Crippen molar-refractivity contribution in [2.75, 3.05) is 10.6 Å². The summed E-state index contributed by atoms with van der Waals surface area (Å²) in [6.07, 6.45) is 0. The van der Waals surface area contributed by atoms with Crippen LogP contribution in [0.4, 0.5) is 10.8 Å². The van der Waals surface area contributed by atoms with Crippen molar-refractivity contribution >= 4 is 61.7 Å². The van der Waals surface area contributed by atoms with E-state index in [0.29, 0.717) is 16.4 Å². The molecule has 5 aromatic rings. The van der Waals surface area contributed by atoms with Crippen LogP contribution in [0.1, 0.15) is 26.7 Å². The molecule has 0 spiro atoms. The zero-order valence-corrected chi connectivity index (χ0v) is 24.1. The molecule has 5 rings (SSSR count). The summed E-state index contributed by atoms with van der Waals surface area (Å²) in [6.45, 7) is 1.98. The third kappa shape index (κ3) is 7.03. The molecular formula is C31H24BrN3O2S2. The lowest BCUT2D eigenvalue weighted by atomic mass is 10.1. The number of carbonyl (C=O) groups excluding carboxylic acids is 2. The van der Waals surface area contributed by atoms with E-state index in [2.05, 4.69) is 31.5 Å². The molecule has 0 aliphatic rings. The SMILES string of the molecule is Cc1ccc(C(=O)Nc2cccc(SC(C(=O)Nc3nc(-c4ccc(Br)cc4)cs3)c3ccccc3)c2)cc1. The number of rotatable bonds is 8. The van der Waals surface area contributed by atoms with E-state index in [9.17, 15) is 9.59 Å². The number of aromatic nitrogens is 1. The number of amides is 2. The van der Waals surface area contributed by atoms with Gasteiger partial charge in [-0.1, -0.05) is 82.2 Å². The van der Waals surface area contributed by atoms with Crippen molar-refractivity contribution in [3.8, 4) is 11.3 Å². The van der Waals surface area contributed by atoms with Crippen LogP contribution in [0, 0.1) is 6.92 Å². The number of nitrogens with zero attached hydrogens (tertiary/aromatic N) is 1. The summed E-state index contributed by atoms with van der Waals surface area (Å²) in [7, 11) is 0. The number of aryl methyl sites for hydroxylation is 1. The van der Waals surface area contributed by atoms with E-state index in [-0.39, 0.29) is 11.8 Å². The van der Waals surface area contributed by atoms with E-state index in [4.69, 9.17) is 0 Å². The predicted octanol–water partition coefficient (Wildman–Crippen LogP) is 8.61. The molecule has 2 N–H and O–H groups in total. The highest BCUT2D eigenvalue weighted by atomic mass is 79.9. The largest absolute Gasteiger partial charge is 0.322 e. The molecule has 5 nitrogen and oxygen atoms in total. The van der Waals surface area contributed by atoms with Gasteiger partial charge in [0.25, 0.3) is 5.91 Å². The van der Waals surface area contributed by atoms with Crippen molar-refractivity contribution in [2.24, 2.45) is 0 Å². The summed E-state index contributed by atoms with van der Waals surface area (Å²) in [5.74, 6) is -0.350. The molecule has 0 aliphatic heterocycles. The third-order valence-corrected chi connectivity index (χ3v) is 8.41. The molecule has 1 atom stereocenters. The summed E-state index contributed by atoms with van der Waals surface area (Å²) in [5, 5.41) is 7.92. The Morgan fingerprint density at radius 1 is 0.872 bits per heavy atom. The fourth-order valence-corrected chi connectivity index (χ4v) is 5.92. The summed E-state index contributed by atoms with van der Waals surface area (Å²) in [6, 6.07) is 32.5. The fourth-order valence-electron chi connectivity index (χ4n) is 3.85. The molecule has 4 aromatic carbocycles. The van der Waals surface area contributed by atoms with Crippen molar-refractivity contribution in [2.45, 2.75) is 17.1 Å². The van der Waals surface area contributed by atoms with Gasteiger partial charge in [-0.3, -0.25) is 9.59 Å². The number of carbonyl (C=O) groups is 2. The van der Waals surface area contributed by atoms with Crippen LogP contribution in [0.25, 0.3) is 11.3 Å². The maximum atomic E-state index is 13.5. The van der Waals surface area contributed by atoms with E-state index in [1.54, 1.807) is 12.1 Å². The van der Waals surface area contributed by atoms with Gasteiger partial charge in [0.1, 0.15) is 5.25 Å². The number of hydrogen-bond donors (Lipinski definition) is 2. The van der Waals surface area contributed by atoms with Crippen molar-refractivity contribution in [1.29, 1.82) is 0 Å². The number of halogens is 1. The Kier molecular flexibility index (Phi) is 8.56. The zero-order chi connectivity index (χ0) is 27.2. The number of thioether (sulfide) groups is 1. The minimum atomic E-state index is -0.519. The second kappa shape index (κ2) is 12.4. The monoisotopic (exact) mass is 613 g/mol. The van der Waals surface area contributed by atoms with Gasteiger partial charge in [0.2, 0.25) is 5.91 Å². The highest BCUT2D eigenvalue weighted by Crippen LogP contribution is 2.38. The Morgan fingerprint density at radius 3 is 2.36 bits per heavy atom. The van der Waals surface area contributed by atoms with Crippen molar-refractivity contribution in [3.05, 3.63) is 130 Å². The summed E-state index contributed by atoms with van der Waals surface area (Å²) in [4.78, 5) is 31.8. The number of nitrogens with one attached hydrogen (secondary N) is 2. The molecule has 1 unspecified atom stereocenters. The molecule has 0 saturated carbocycles. The highest BCUT2D eigenvalue weighted by Gasteiger charge is 2.23. The van der Waals surface area contributed by atoms with Gasteiger partial charge in [-0.25, -0.2) is 4.98 Å². The molecule has 0 radical (unpaired) electrons. The first-order valence-electron chi connectivity index (χ1n) is 12.2. The quantitative estimate of drug-likeness (QED) is 0.172. The maximum Gasteiger partial charge on any atom is 0.255 e. The lowest BCUT2D eigenvalue weighted by molar-refractivity contribution is -0.115. The third-order valence-electron chi connectivity index (χ3n) is 5.87. The molecule has 0 saturated heterocycles. The van der Waals surface area contributed by atoms with Crippen LogP contribution >= 0.6 is 39.0 Å². The van der Waals surface area contributed by atoms with Crippen LogP contribution in [-0.2, 0) is 4.79 Å². The van der Waals surface area contributed by atoms with Gasteiger partial charge in [-0.2, -0.15) is 0 Å². The van der Waals surface area contributed by atoms with E-state index in [0.717, 1.165) is 31.8 Å². The standard InChI is InChI=1S/C31H24BrN3O2S2/c1-20-10-12-23(13-11-20)29(36)33-25-8-5-9-26(18-25)39-28(22-6-3-2-4-7-22)30(37)35-31-34-27(19-38-31)21-14-16-24(32)17-15-21/h2-19,28H,1H3,(H,33,36)(H,34,35,37). The minimum Gasteiger partial charge on any atom is -0.322 e. The van der Waals surface area contributed by atoms with E-state index < -0.39 is 5.25 Å². The Labute approximate surface area is 243 Å². The second-order valence-electron chi connectivity index (χ2n) is 8.79. The van der Waals surface area contributed by atoms with E-state index >= 15 is 0 Å².